The molecule has 2 rings (SSSR count). The summed E-state index contributed by atoms with van der Waals surface area (Å²) in [5, 5.41) is 9.87. The van der Waals surface area contributed by atoms with Gasteiger partial charge in [0, 0.05) is 20.0 Å². The molecule has 0 bridgehead atoms. The molecule has 2 aromatic carbocycles. The molecule has 0 aliphatic rings. The molecule has 0 aromatic heterocycles. The Kier molecular flexibility index (Phi) is 6.66. The predicted octanol–water partition coefficient (Wildman–Crippen LogP) is 4.85. The average molecular weight is 361 g/mol. The third-order valence-corrected chi connectivity index (χ3v) is 4.51. The second-order valence-electron chi connectivity index (χ2n) is 5.66. The summed E-state index contributed by atoms with van der Waals surface area (Å²) in [6.45, 7) is 0.539. The quantitative estimate of drug-likeness (QED) is 0.739. The van der Waals surface area contributed by atoms with E-state index in [2.05, 4.69) is 6.07 Å². The van der Waals surface area contributed by atoms with Crippen LogP contribution in [0.25, 0.3) is 0 Å². The molecular formula is C19H18Cl2N2O. The van der Waals surface area contributed by atoms with E-state index in [0.717, 1.165) is 24.0 Å². The lowest BCUT2D eigenvalue weighted by Gasteiger charge is -2.17. The molecule has 0 saturated heterocycles. The fourth-order valence-electron chi connectivity index (χ4n) is 2.38. The van der Waals surface area contributed by atoms with Crippen LogP contribution < -0.4 is 0 Å². The Balaban J connectivity index is 1.80. The second-order valence-corrected chi connectivity index (χ2v) is 6.47. The lowest BCUT2D eigenvalue weighted by atomic mass is 10.1. The van der Waals surface area contributed by atoms with Crippen LogP contribution in [0, 0.1) is 11.3 Å². The van der Waals surface area contributed by atoms with Gasteiger partial charge >= 0.3 is 0 Å². The second kappa shape index (κ2) is 8.73. The standard InChI is InChI=1S/C19H18Cl2N2O/c1-23(13-16-7-5-15(12-22)6-8-16)19(24)4-2-3-14-9-10-17(20)18(21)11-14/h5-11H,2-4,13H2,1H3. The van der Waals surface area contributed by atoms with Gasteiger partial charge in [0.15, 0.2) is 0 Å². The van der Waals surface area contributed by atoms with Crippen molar-refractivity contribution in [2.45, 2.75) is 25.8 Å². The third kappa shape index (κ3) is 5.26. The number of hydrogen-bond acceptors (Lipinski definition) is 2. The van der Waals surface area contributed by atoms with E-state index in [1.165, 1.54) is 0 Å². The molecule has 0 fully saturated rings. The van der Waals surface area contributed by atoms with E-state index in [-0.39, 0.29) is 5.91 Å². The SMILES string of the molecule is CN(Cc1ccc(C#N)cc1)C(=O)CCCc1ccc(Cl)c(Cl)c1. The Hall–Kier alpha value is -2.02. The van der Waals surface area contributed by atoms with Gasteiger partial charge in [-0.1, -0.05) is 41.4 Å². The van der Waals surface area contributed by atoms with E-state index in [1.54, 1.807) is 30.1 Å². The summed E-state index contributed by atoms with van der Waals surface area (Å²) in [6, 6.07) is 14.9. The minimum atomic E-state index is 0.0967. The smallest absolute Gasteiger partial charge is 0.222 e. The number of carbonyl (C=O) groups excluding carboxylic acids is 1. The first-order valence-electron chi connectivity index (χ1n) is 7.66. The van der Waals surface area contributed by atoms with E-state index in [0.29, 0.717) is 28.6 Å². The van der Waals surface area contributed by atoms with Crippen molar-refractivity contribution < 1.29 is 4.79 Å². The Bertz CT molecular complexity index is 751. The Morgan fingerprint density at radius 1 is 1.08 bits per heavy atom. The van der Waals surface area contributed by atoms with E-state index in [9.17, 15) is 4.79 Å². The summed E-state index contributed by atoms with van der Waals surface area (Å²) < 4.78 is 0. The number of halogens is 2. The van der Waals surface area contributed by atoms with E-state index >= 15 is 0 Å². The fourth-order valence-corrected chi connectivity index (χ4v) is 2.70. The maximum atomic E-state index is 12.2. The molecule has 5 heteroatoms. The molecule has 0 unspecified atom stereocenters. The zero-order valence-electron chi connectivity index (χ0n) is 13.4. The van der Waals surface area contributed by atoms with Crippen LogP contribution in [0.2, 0.25) is 10.0 Å². The average Bonchev–Trinajstić information content (AvgIpc) is 2.58. The molecule has 0 aliphatic heterocycles. The highest BCUT2D eigenvalue weighted by Crippen LogP contribution is 2.23. The van der Waals surface area contributed by atoms with Crippen LogP contribution >= 0.6 is 23.2 Å². The van der Waals surface area contributed by atoms with E-state index in [1.807, 2.05) is 24.3 Å². The maximum Gasteiger partial charge on any atom is 0.222 e. The van der Waals surface area contributed by atoms with Crippen LogP contribution in [0.3, 0.4) is 0 Å². The normalized spacial score (nSPS) is 10.2. The van der Waals surface area contributed by atoms with Crippen molar-refractivity contribution in [3.63, 3.8) is 0 Å². The molecule has 2 aromatic rings. The van der Waals surface area contributed by atoms with Crippen molar-refractivity contribution in [1.82, 2.24) is 4.90 Å². The van der Waals surface area contributed by atoms with Crippen molar-refractivity contribution >= 4 is 29.1 Å². The van der Waals surface area contributed by atoms with Crippen molar-refractivity contribution in [2.75, 3.05) is 7.05 Å². The number of amides is 1. The first-order valence-corrected chi connectivity index (χ1v) is 8.42. The van der Waals surface area contributed by atoms with Gasteiger partial charge in [-0.05, 0) is 48.2 Å². The summed E-state index contributed by atoms with van der Waals surface area (Å²) in [7, 11) is 1.79. The van der Waals surface area contributed by atoms with Crippen LogP contribution in [-0.2, 0) is 17.8 Å². The molecule has 0 saturated carbocycles. The summed E-state index contributed by atoms with van der Waals surface area (Å²) in [5.74, 6) is 0.0967. The first kappa shape index (κ1) is 18.3. The number of benzene rings is 2. The minimum Gasteiger partial charge on any atom is -0.341 e. The number of rotatable bonds is 6. The predicted molar refractivity (Wildman–Crippen MR) is 97.0 cm³/mol. The molecule has 0 N–H and O–H groups in total. The van der Waals surface area contributed by atoms with Crippen LogP contribution in [0.5, 0.6) is 0 Å². The van der Waals surface area contributed by atoms with Gasteiger partial charge in [0.25, 0.3) is 0 Å². The Labute approximate surface area is 152 Å². The summed E-state index contributed by atoms with van der Waals surface area (Å²) in [5.41, 5.74) is 2.70. The van der Waals surface area contributed by atoms with Crippen LogP contribution in [0.15, 0.2) is 42.5 Å². The van der Waals surface area contributed by atoms with E-state index in [4.69, 9.17) is 28.5 Å². The molecule has 0 aliphatic carbocycles. The molecule has 0 spiro atoms. The molecule has 0 atom stereocenters. The maximum absolute atomic E-state index is 12.2. The molecule has 124 valence electrons. The number of aryl methyl sites for hydroxylation is 1. The van der Waals surface area contributed by atoms with Gasteiger partial charge in [-0.2, -0.15) is 5.26 Å². The molecule has 1 amide bonds. The van der Waals surface area contributed by atoms with Gasteiger partial charge in [0.2, 0.25) is 5.91 Å². The van der Waals surface area contributed by atoms with Gasteiger partial charge in [0.1, 0.15) is 0 Å². The number of nitriles is 1. The summed E-state index contributed by atoms with van der Waals surface area (Å²) in [4.78, 5) is 13.9. The number of hydrogen-bond donors (Lipinski definition) is 0. The van der Waals surface area contributed by atoms with Crippen molar-refractivity contribution in [2.24, 2.45) is 0 Å². The highest BCUT2D eigenvalue weighted by Gasteiger charge is 2.09. The summed E-state index contributed by atoms with van der Waals surface area (Å²) >= 11 is 11.9. The first-order chi connectivity index (χ1) is 11.5. The topological polar surface area (TPSA) is 44.1 Å². The van der Waals surface area contributed by atoms with Crippen LogP contribution in [0.4, 0.5) is 0 Å². The minimum absolute atomic E-state index is 0.0967. The lowest BCUT2D eigenvalue weighted by molar-refractivity contribution is -0.130. The molecule has 0 heterocycles. The number of nitrogens with zero attached hydrogens (tertiary/aromatic N) is 2. The number of carbonyl (C=O) groups is 1. The van der Waals surface area contributed by atoms with Gasteiger partial charge in [-0.15, -0.1) is 0 Å². The Morgan fingerprint density at radius 2 is 1.75 bits per heavy atom. The van der Waals surface area contributed by atoms with Crippen LogP contribution in [0.1, 0.15) is 29.5 Å². The van der Waals surface area contributed by atoms with Crippen LogP contribution in [-0.4, -0.2) is 17.9 Å². The van der Waals surface area contributed by atoms with Gasteiger partial charge < -0.3 is 4.90 Å². The molecule has 3 nitrogen and oxygen atoms in total. The van der Waals surface area contributed by atoms with Crippen molar-refractivity contribution in [1.29, 1.82) is 5.26 Å². The van der Waals surface area contributed by atoms with Gasteiger partial charge in [-0.25, -0.2) is 0 Å². The largest absolute Gasteiger partial charge is 0.341 e. The monoisotopic (exact) mass is 360 g/mol. The van der Waals surface area contributed by atoms with Crippen molar-refractivity contribution in [3.8, 4) is 6.07 Å². The van der Waals surface area contributed by atoms with Gasteiger partial charge in [-0.3, -0.25) is 4.79 Å². The van der Waals surface area contributed by atoms with Gasteiger partial charge in [0.05, 0.1) is 21.7 Å². The molecule has 24 heavy (non-hydrogen) atoms. The van der Waals surface area contributed by atoms with Crippen molar-refractivity contribution in [3.05, 3.63) is 69.2 Å². The third-order valence-electron chi connectivity index (χ3n) is 3.77. The zero-order chi connectivity index (χ0) is 17.5. The molecular weight excluding hydrogens is 343 g/mol. The fraction of sp³-hybridized carbons (Fsp3) is 0.263. The highest BCUT2D eigenvalue weighted by molar-refractivity contribution is 6.42. The zero-order valence-corrected chi connectivity index (χ0v) is 14.9. The molecule has 0 radical (unpaired) electrons. The highest BCUT2D eigenvalue weighted by atomic mass is 35.5. The summed E-state index contributed by atoms with van der Waals surface area (Å²) in [6.07, 6.45) is 2.02. The lowest BCUT2D eigenvalue weighted by Crippen LogP contribution is -2.25. The van der Waals surface area contributed by atoms with E-state index < -0.39 is 0 Å². The Morgan fingerprint density at radius 3 is 2.38 bits per heavy atom.